The van der Waals surface area contributed by atoms with E-state index in [-0.39, 0.29) is 0 Å². The van der Waals surface area contributed by atoms with E-state index in [9.17, 15) is 0 Å². The van der Waals surface area contributed by atoms with Gasteiger partial charge in [-0.3, -0.25) is 0 Å². The summed E-state index contributed by atoms with van der Waals surface area (Å²) in [4.78, 5) is 11.4. The summed E-state index contributed by atoms with van der Waals surface area (Å²) >= 11 is 0. The summed E-state index contributed by atoms with van der Waals surface area (Å²) in [5.74, 6) is 2.40. The Bertz CT molecular complexity index is 860. The number of pyridine rings is 1. The molecule has 3 heterocycles. The van der Waals surface area contributed by atoms with Gasteiger partial charge in [-0.25, -0.2) is 9.50 Å². The molecule has 4 rings (SSSR count). The summed E-state index contributed by atoms with van der Waals surface area (Å²) in [7, 11) is 3.94. The molecule has 0 atom stereocenters. The van der Waals surface area contributed by atoms with Gasteiger partial charge >= 0.3 is 0 Å². The zero-order valence-corrected chi connectivity index (χ0v) is 14.5. The van der Waals surface area contributed by atoms with E-state index in [2.05, 4.69) is 12.2 Å². The molecule has 0 amide bonds. The van der Waals surface area contributed by atoms with Crippen LogP contribution in [0.2, 0.25) is 0 Å². The fraction of sp³-hybridized carbons (Fsp3) is 0.500. The molecule has 126 valence electrons. The van der Waals surface area contributed by atoms with Crippen LogP contribution >= 0.6 is 0 Å². The molecular weight excluding hydrogens is 300 g/mol. The molecule has 0 aliphatic heterocycles. The zero-order chi connectivity index (χ0) is 16.7. The number of nitrogens with one attached hydrogen (secondary N) is 1. The van der Waals surface area contributed by atoms with E-state index in [0.29, 0.717) is 12.0 Å². The highest BCUT2D eigenvalue weighted by molar-refractivity contribution is 5.97. The summed E-state index contributed by atoms with van der Waals surface area (Å²) < 4.78 is 1.88. The third kappa shape index (κ3) is 2.66. The number of aromatic nitrogens is 4. The van der Waals surface area contributed by atoms with E-state index in [1.165, 1.54) is 25.7 Å². The number of hydrogen-bond acceptors (Lipinski definition) is 5. The van der Waals surface area contributed by atoms with E-state index < -0.39 is 0 Å². The average molecular weight is 324 g/mol. The van der Waals surface area contributed by atoms with Crippen LogP contribution in [0.15, 0.2) is 24.4 Å². The molecule has 0 bridgehead atoms. The van der Waals surface area contributed by atoms with Crippen LogP contribution in [-0.4, -0.2) is 39.7 Å². The second kappa shape index (κ2) is 5.92. The second-order valence-corrected chi connectivity index (χ2v) is 7.10. The van der Waals surface area contributed by atoms with Crippen molar-refractivity contribution in [2.24, 2.45) is 5.92 Å². The first-order valence-electron chi connectivity index (χ1n) is 8.71. The second-order valence-electron chi connectivity index (χ2n) is 7.10. The van der Waals surface area contributed by atoms with Crippen LogP contribution in [0.4, 0.5) is 11.8 Å². The molecular formula is C18H24N6. The normalized spacial score (nSPS) is 21.3. The first kappa shape index (κ1) is 15.2. The predicted molar refractivity (Wildman–Crippen MR) is 97.7 cm³/mol. The molecule has 1 aliphatic carbocycles. The van der Waals surface area contributed by atoms with Crippen molar-refractivity contribution < 1.29 is 0 Å². The Morgan fingerprint density at radius 3 is 2.62 bits per heavy atom. The SMILES string of the molecule is CC1CCC(Nc2nc(N(C)C)nc3c2nn2ccccc32)CC1. The molecule has 0 unspecified atom stereocenters. The van der Waals surface area contributed by atoms with Crippen molar-refractivity contribution in [1.29, 1.82) is 0 Å². The Kier molecular flexibility index (Phi) is 3.75. The maximum Gasteiger partial charge on any atom is 0.227 e. The number of nitrogens with zero attached hydrogens (tertiary/aromatic N) is 5. The lowest BCUT2D eigenvalue weighted by Gasteiger charge is -2.27. The Morgan fingerprint density at radius 2 is 1.88 bits per heavy atom. The molecule has 0 spiro atoms. The fourth-order valence-corrected chi connectivity index (χ4v) is 3.43. The Balaban J connectivity index is 1.80. The third-order valence-electron chi connectivity index (χ3n) is 4.92. The van der Waals surface area contributed by atoms with Crippen LogP contribution in [0.1, 0.15) is 32.6 Å². The molecule has 1 saturated carbocycles. The Labute approximate surface area is 141 Å². The minimum Gasteiger partial charge on any atom is -0.365 e. The van der Waals surface area contributed by atoms with Crippen LogP contribution < -0.4 is 10.2 Å². The van der Waals surface area contributed by atoms with Gasteiger partial charge in [0.2, 0.25) is 5.95 Å². The van der Waals surface area contributed by atoms with Gasteiger partial charge in [0.1, 0.15) is 5.52 Å². The molecule has 24 heavy (non-hydrogen) atoms. The van der Waals surface area contributed by atoms with Gasteiger partial charge in [-0.1, -0.05) is 13.0 Å². The van der Waals surface area contributed by atoms with Gasteiger partial charge < -0.3 is 10.2 Å². The van der Waals surface area contributed by atoms with E-state index in [0.717, 1.165) is 28.3 Å². The van der Waals surface area contributed by atoms with E-state index in [1.54, 1.807) is 0 Å². The largest absolute Gasteiger partial charge is 0.365 e. The molecule has 6 heteroatoms. The summed E-state index contributed by atoms with van der Waals surface area (Å²) in [6.07, 6.45) is 6.89. The predicted octanol–water partition coefficient (Wildman–Crippen LogP) is 3.33. The van der Waals surface area contributed by atoms with E-state index in [1.807, 2.05) is 47.9 Å². The number of fused-ring (bicyclic) bond motifs is 3. The van der Waals surface area contributed by atoms with Crippen LogP contribution in [0.25, 0.3) is 16.6 Å². The lowest BCUT2D eigenvalue weighted by molar-refractivity contribution is 0.361. The van der Waals surface area contributed by atoms with Crippen molar-refractivity contribution >= 4 is 28.3 Å². The van der Waals surface area contributed by atoms with Crippen molar-refractivity contribution in [1.82, 2.24) is 19.6 Å². The lowest BCUT2D eigenvalue weighted by Crippen LogP contribution is -2.26. The highest BCUT2D eigenvalue weighted by Crippen LogP contribution is 2.30. The highest BCUT2D eigenvalue weighted by Gasteiger charge is 2.21. The van der Waals surface area contributed by atoms with Crippen molar-refractivity contribution in [3.63, 3.8) is 0 Å². The maximum absolute atomic E-state index is 4.74. The third-order valence-corrected chi connectivity index (χ3v) is 4.92. The zero-order valence-electron chi connectivity index (χ0n) is 14.5. The molecule has 3 aromatic rings. The minimum absolute atomic E-state index is 0.471. The number of hydrogen-bond donors (Lipinski definition) is 1. The van der Waals surface area contributed by atoms with Crippen LogP contribution in [0, 0.1) is 5.92 Å². The monoisotopic (exact) mass is 324 g/mol. The minimum atomic E-state index is 0.471. The smallest absolute Gasteiger partial charge is 0.227 e. The Hall–Kier alpha value is -2.37. The van der Waals surface area contributed by atoms with Crippen LogP contribution in [-0.2, 0) is 0 Å². The quantitative estimate of drug-likeness (QED) is 0.801. The van der Waals surface area contributed by atoms with Gasteiger partial charge in [-0.05, 0) is 43.7 Å². The van der Waals surface area contributed by atoms with Gasteiger partial charge in [0.25, 0.3) is 0 Å². The maximum atomic E-state index is 4.74. The van der Waals surface area contributed by atoms with Crippen molar-refractivity contribution in [2.45, 2.75) is 38.6 Å². The molecule has 1 N–H and O–H groups in total. The molecule has 1 fully saturated rings. The molecule has 6 nitrogen and oxygen atoms in total. The fourth-order valence-electron chi connectivity index (χ4n) is 3.43. The first-order chi connectivity index (χ1) is 11.6. The van der Waals surface area contributed by atoms with Gasteiger partial charge in [0.05, 0.1) is 5.52 Å². The van der Waals surface area contributed by atoms with Crippen molar-refractivity contribution in [3.8, 4) is 0 Å². The lowest BCUT2D eigenvalue weighted by atomic mass is 9.87. The molecule has 0 saturated heterocycles. The summed E-state index contributed by atoms with van der Waals surface area (Å²) in [6, 6.07) is 6.52. The molecule has 3 aromatic heterocycles. The number of anilines is 2. The average Bonchev–Trinajstić information content (AvgIpc) is 2.96. The number of rotatable bonds is 3. The standard InChI is InChI=1S/C18H24N6/c1-12-7-9-13(10-8-12)19-17-16-15(20-18(21-17)23(2)3)14-6-4-5-11-24(14)22-16/h4-6,11-13H,7-10H2,1-3H3,(H,19,20,21). The van der Waals surface area contributed by atoms with Gasteiger partial charge in [-0.2, -0.15) is 10.1 Å². The molecule has 0 aromatic carbocycles. The van der Waals surface area contributed by atoms with Gasteiger partial charge in [0, 0.05) is 26.3 Å². The molecule has 0 radical (unpaired) electrons. The van der Waals surface area contributed by atoms with Crippen molar-refractivity contribution in [2.75, 3.05) is 24.3 Å². The van der Waals surface area contributed by atoms with Gasteiger partial charge in [-0.15, -0.1) is 0 Å². The Morgan fingerprint density at radius 1 is 1.08 bits per heavy atom. The van der Waals surface area contributed by atoms with E-state index in [4.69, 9.17) is 15.1 Å². The highest BCUT2D eigenvalue weighted by atomic mass is 15.3. The topological polar surface area (TPSA) is 58.4 Å². The van der Waals surface area contributed by atoms with Crippen LogP contribution in [0.5, 0.6) is 0 Å². The molecule has 1 aliphatic rings. The van der Waals surface area contributed by atoms with Crippen LogP contribution in [0.3, 0.4) is 0 Å². The summed E-state index contributed by atoms with van der Waals surface area (Å²) in [6.45, 7) is 2.34. The summed E-state index contributed by atoms with van der Waals surface area (Å²) in [5.41, 5.74) is 2.77. The van der Waals surface area contributed by atoms with Gasteiger partial charge in [0.15, 0.2) is 11.3 Å². The summed E-state index contributed by atoms with van der Waals surface area (Å²) in [5, 5.41) is 8.35. The van der Waals surface area contributed by atoms with Crippen molar-refractivity contribution in [3.05, 3.63) is 24.4 Å². The first-order valence-corrected chi connectivity index (χ1v) is 8.71. The van der Waals surface area contributed by atoms with E-state index >= 15 is 0 Å².